The van der Waals surface area contributed by atoms with Crippen LogP contribution in [-0.2, 0) is 6.54 Å². The number of carbonyl (C=O) groups is 1. The van der Waals surface area contributed by atoms with Crippen molar-refractivity contribution in [3.63, 3.8) is 0 Å². The second kappa shape index (κ2) is 7.72. The highest BCUT2D eigenvalue weighted by Crippen LogP contribution is 2.13. The summed E-state index contributed by atoms with van der Waals surface area (Å²) in [5.74, 6) is -0.0722. The molecule has 2 heterocycles. The third-order valence-corrected chi connectivity index (χ3v) is 4.57. The van der Waals surface area contributed by atoms with E-state index in [9.17, 15) is 9.90 Å². The van der Waals surface area contributed by atoms with Gasteiger partial charge in [0, 0.05) is 31.7 Å². The molecule has 1 amide bonds. The highest BCUT2D eigenvalue weighted by atomic mass is 16.3. The summed E-state index contributed by atoms with van der Waals surface area (Å²) in [4.78, 5) is 14.6. The smallest absolute Gasteiger partial charge is 0.251 e. The number of benzene rings is 1. The Morgan fingerprint density at radius 2 is 2.17 bits per heavy atom. The van der Waals surface area contributed by atoms with Crippen molar-refractivity contribution in [1.29, 1.82) is 0 Å². The number of piperidine rings is 1. The number of carbonyl (C=O) groups excluding carboxylic acids is 1. The van der Waals surface area contributed by atoms with E-state index in [2.05, 4.69) is 20.5 Å². The zero-order valence-electron chi connectivity index (χ0n) is 14.1. The molecule has 130 valence electrons. The van der Waals surface area contributed by atoms with Crippen molar-refractivity contribution >= 4 is 16.9 Å². The third-order valence-electron chi connectivity index (χ3n) is 4.57. The number of amides is 1. The second-order valence-electron chi connectivity index (χ2n) is 6.29. The number of nitrogens with zero attached hydrogens (tertiary/aromatic N) is 4. The summed E-state index contributed by atoms with van der Waals surface area (Å²) in [6, 6.07) is 5.50. The van der Waals surface area contributed by atoms with E-state index in [1.807, 2.05) is 23.7 Å². The number of nitrogens with one attached hydrogen (secondary N) is 1. The summed E-state index contributed by atoms with van der Waals surface area (Å²) in [6.45, 7) is 6.26. The Kier molecular flexibility index (Phi) is 5.42. The van der Waals surface area contributed by atoms with Crippen LogP contribution in [0.15, 0.2) is 18.2 Å². The molecule has 24 heavy (non-hydrogen) atoms. The maximum Gasteiger partial charge on any atom is 0.251 e. The first-order valence-electron chi connectivity index (χ1n) is 8.69. The van der Waals surface area contributed by atoms with Crippen LogP contribution in [0.1, 0.15) is 36.5 Å². The van der Waals surface area contributed by atoms with E-state index in [0.717, 1.165) is 56.5 Å². The Hall–Kier alpha value is -1.99. The fraction of sp³-hybridized carbons (Fsp3) is 0.588. The topological polar surface area (TPSA) is 83.3 Å². The molecule has 0 aliphatic carbocycles. The number of fused-ring (bicyclic) bond motifs is 1. The summed E-state index contributed by atoms with van der Waals surface area (Å²) >= 11 is 0. The van der Waals surface area contributed by atoms with Gasteiger partial charge in [-0.15, -0.1) is 5.10 Å². The minimum atomic E-state index is -0.137. The molecule has 7 nitrogen and oxygen atoms in total. The molecule has 1 aromatic heterocycles. The van der Waals surface area contributed by atoms with Gasteiger partial charge in [0.2, 0.25) is 0 Å². The molecule has 0 atom stereocenters. The normalized spacial score (nSPS) is 16.6. The van der Waals surface area contributed by atoms with E-state index in [1.54, 1.807) is 6.07 Å². The molecule has 0 saturated carbocycles. The van der Waals surface area contributed by atoms with Gasteiger partial charge >= 0.3 is 0 Å². The standard InChI is InChI=1S/C17H25N5O2/c1-2-22-16-5-4-13(12-15(16)19-20-22)17(24)18-8-3-9-21-10-6-14(23)7-11-21/h4-5,12,14,23H,2-3,6-11H2,1H3,(H,18,24). The van der Waals surface area contributed by atoms with Gasteiger partial charge in [0.15, 0.2) is 0 Å². The number of hydrogen-bond donors (Lipinski definition) is 2. The zero-order valence-corrected chi connectivity index (χ0v) is 14.1. The Bertz CT molecular complexity index is 691. The largest absolute Gasteiger partial charge is 0.393 e. The van der Waals surface area contributed by atoms with Crippen LogP contribution < -0.4 is 5.32 Å². The summed E-state index contributed by atoms with van der Waals surface area (Å²) in [6.07, 6.45) is 2.48. The van der Waals surface area contributed by atoms with E-state index >= 15 is 0 Å². The molecule has 3 rings (SSSR count). The molecule has 1 aliphatic rings. The second-order valence-corrected chi connectivity index (χ2v) is 6.29. The number of aromatic nitrogens is 3. The number of aryl methyl sites for hydroxylation is 1. The number of rotatable bonds is 6. The molecule has 0 radical (unpaired) electrons. The third kappa shape index (κ3) is 3.91. The fourth-order valence-electron chi connectivity index (χ4n) is 3.10. The van der Waals surface area contributed by atoms with E-state index in [-0.39, 0.29) is 12.0 Å². The average molecular weight is 331 g/mol. The van der Waals surface area contributed by atoms with Crippen molar-refractivity contribution < 1.29 is 9.90 Å². The van der Waals surface area contributed by atoms with Crippen LogP contribution in [0.3, 0.4) is 0 Å². The van der Waals surface area contributed by atoms with Crippen molar-refractivity contribution in [1.82, 2.24) is 25.2 Å². The quantitative estimate of drug-likeness (QED) is 0.773. The van der Waals surface area contributed by atoms with Gasteiger partial charge in [-0.1, -0.05) is 5.21 Å². The van der Waals surface area contributed by atoms with Gasteiger partial charge in [-0.25, -0.2) is 4.68 Å². The van der Waals surface area contributed by atoms with Gasteiger partial charge in [0.25, 0.3) is 5.91 Å². The lowest BCUT2D eigenvalue weighted by atomic mass is 10.1. The summed E-state index contributed by atoms with van der Waals surface area (Å²) in [5, 5.41) is 20.6. The highest BCUT2D eigenvalue weighted by molar-refractivity contribution is 5.97. The number of hydrogen-bond acceptors (Lipinski definition) is 5. The minimum absolute atomic E-state index is 0.0722. The van der Waals surface area contributed by atoms with Crippen LogP contribution in [0.5, 0.6) is 0 Å². The van der Waals surface area contributed by atoms with Crippen molar-refractivity contribution in [3.8, 4) is 0 Å². The van der Waals surface area contributed by atoms with Crippen LogP contribution in [0.2, 0.25) is 0 Å². The van der Waals surface area contributed by atoms with Crippen LogP contribution in [-0.4, -0.2) is 63.2 Å². The molecular weight excluding hydrogens is 306 g/mol. The van der Waals surface area contributed by atoms with Gasteiger partial charge in [0.05, 0.1) is 11.6 Å². The molecule has 7 heteroatoms. The molecule has 1 aromatic carbocycles. The Balaban J connectivity index is 1.46. The Morgan fingerprint density at radius 3 is 2.92 bits per heavy atom. The lowest BCUT2D eigenvalue weighted by Gasteiger charge is -2.29. The van der Waals surface area contributed by atoms with Crippen molar-refractivity contribution in [3.05, 3.63) is 23.8 Å². The lowest BCUT2D eigenvalue weighted by molar-refractivity contribution is 0.0816. The summed E-state index contributed by atoms with van der Waals surface area (Å²) < 4.78 is 1.81. The van der Waals surface area contributed by atoms with E-state index in [0.29, 0.717) is 12.1 Å². The van der Waals surface area contributed by atoms with Crippen LogP contribution >= 0.6 is 0 Å². The zero-order chi connectivity index (χ0) is 16.9. The molecule has 1 fully saturated rings. The maximum atomic E-state index is 12.2. The first-order valence-corrected chi connectivity index (χ1v) is 8.69. The molecule has 0 bridgehead atoms. The first kappa shape index (κ1) is 16.9. The maximum absolute atomic E-state index is 12.2. The molecular formula is C17H25N5O2. The molecule has 2 N–H and O–H groups in total. The monoisotopic (exact) mass is 331 g/mol. The highest BCUT2D eigenvalue weighted by Gasteiger charge is 2.16. The van der Waals surface area contributed by atoms with E-state index in [1.165, 1.54) is 0 Å². The number of aliphatic hydroxyl groups excluding tert-OH is 1. The van der Waals surface area contributed by atoms with Crippen molar-refractivity contribution in [2.45, 2.75) is 38.8 Å². The van der Waals surface area contributed by atoms with Gasteiger partial charge in [-0.3, -0.25) is 4.79 Å². The molecule has 1 aliphatic heterocycles. The molecule has 0 unspecified atom stereocenters. The Labute approximate surface area is 141 Å². The van der Waals surface area contributed by atoms with Gasteiger partial charge < -0.3 is 15.3 Å². The van der Waals surface area contributed by atoms with Crippen molar-refractivity contribution in [2.24, 2.45) is 0 Å². The summed E-state index contributed by atoms with van der Waals surface area (Å²) in [7, 11) is 0. The predicted octanol–water partition coefficient (Wildman–Crippen LogP) is 1.03. The molecule has 2 aromatic rings. The van der Waals surface area contributed by atoms with Gasteiger partial charge in [0.1, 0.15) is 5.52 Å². The SMILES string of the molecule is CCn1nnc2cc(C(=O)NCCCN3CCC(O)CC3)ccc21. The lowest BCUT2D eigenvalue weighted by Crippen LogP contribution is -2.37. The average Bonchev–Trinajstić information content (AvgIpc) is 3.02. The number of aliphatic hydroxyl groups is 1. The van der Waals surface area contributed by atoms with E-state index in [4.69, 9.17) is 0 Å². The molecule has 1 saturated heterocycles. The minimum Gasteiger partial charge on any atom is -0.393 e. The predicted molar refractivity (Wildman–Crippen MR) is 91.8 cm³/mol. The van der Waals surface area contributed by atoms with E-state index < -0.39 is 0 Å². The van der Waals surface area contributed by atoms with Crippen LogP contribution in [0.25, 0.3) is 11.0 Å². The van der Waals surface area contributed by atoms with Crippen LogP contribution in [0, 0.1) is 0 Å². The Morgan fingerprint density at radius 1 is 1.38 bits per heavy atom. The molecule has 0 spiro atoms. The summed E-state index contributed by atoms with van der Waals surface area (Å²) in [5.41, 5.74) is 2.31. The van der Waals surface area contributed by atoms with Gasteiger partial charge in [-0.2, -0.15) is 0 Å². The number of likely N-dealkylation sites (tertiary alicyclic amines) is 1. The van der Waals surface area contributed by atoms with Gasteiger partial charge in [-0.05, 0) is 50.9 Å². The fourth-order valence-corrected chi connectivity index (χ4v) is 3.10. The first-order chi connectivity index (χ1) is 11.7. The van der Waals surface area contributed by atoms with Crippen LogP contribution in [0.4, 0.5) is 0 Å². The van der Waals surface area contributed by atoms with Crippen molar-refractivity contribution in [2.75, 3.05) is 26.2 Å².